The summed E-state index contributed by atoms with van der Waals surface area (Å²) >= 11 is 0. The molecule has 0 aromatic carbocycles. The van der Waals surface area contributed by atoms with Gasteiger partial charge in [0.15, 0.2) is 5.69 Å². The maximum atomic E-state index is 11.9. The van der Waals surface area contributed by atoms with E-state index >= 15 is 0 Å². The average molecular weight is 280 g/mol. The zero-order chi connectivity index (χ0) is 15.3. The number of methoxy groups -OCH3 is 1. The van der Waals surface area contributed by atoms with Crippen molar-refractivity contribution < 1.29 is 14.3 Å². The molecular weight excluding hydrogens is 260 g/mol. The van der Waals surface area contributed by atoms with Crippen LogP contribution in [0.3, 0.4) is 0 Å². The zero-order valence-corrected chi connectivity index (χ0v) is 12.4. The molecule has 1 rings (SSSR count). The number of amides is 1. The first-order valence-corrected chi connectivity index (χ1v) is 6.22. The van der Waals surface area contributed by atoms with E-state index in [1.165, 1.54) is 19.5 Å². The van der Waals surface area contributed by atoms with Gasteiger partial charge in [-0.3, -0.25) is 9.78 Å². The highest BCUT2D eigenvalue weighted by Gasteiger charge is 2.19. The van der Waals surface area contributed by atoms with Crippen LogP contribution in [0.25, 0.3) is 0 Å². The minimum atomic E-state index is -0.576. The van der Waals surface area contributed by atoms with E-state index in [0.29, 0.717) is 5.82 Å². The summed E-state index contributed by atoms with van der Waals surface area (Å²) in [6.07, 6.45) is 2.74. The Kier molecular flexibility index (Phi) is 5.01. The summed E-state index contributed by atoms with van der Waals surface area (Å²) in [6, 6.07) is -0.503. The highest BCUT2D eigenvalue weighted by molar-refractivity contribution is 5.87. The predicted molar refractivity (Wildman–Crippen MR) is 74.4 cm³/mol. The number of esters is 1. The molecule has 0 saturated carbocycles. The number of nitrogens with one attached hydrogen (secondary N) is 2. The van der Waals surface area contributed by atoms with Crippen LogP contribution in [-0.4, -0.2) is 40.5 Å². The molecule has 1 atom stereocenters. The lowest BCUT2D eigenvalue weighted by atomic mass is 10.1. The number of carbonyl (C=O) groups excluding carboxylic acids is 2. The highest BCUT2D eigenvalue weighted by atomic mass is 16.5. The van der Waals surface area contributed by atoms with Crippen molar-refractivity contribution in [2.24, 2.45) is 0 Å². The number of hydrogen-bond acceptors (Lipinski definition) is 6. The van der Waals surface area contributed by atoms with Crippen molar-refractivity contribution in [1.29, 1.82) is 0 Å². The lowest BCUT2D eigenvalue weighted by Crippen LogP contribution is -2.47. The predicted octanol–water partition coefficient (Wildman–Crippen LogP) is 0.978. The van der Waals surface area contributed by atoms with Crippen LogP contribution < -0.4 is 10.6 Å². The Labute approximate surface area is 118 Å². The lowest BCUT2D eigenvalue weighted by molar-refractivity contribution is -0.122. The van der Waals surface area contributed by atoms with Crippen molar-refractivity contribution in [3.63, 3.8) is 0 Å². The van der Waals surface area contributed by atoms with Crippen molar-refractivity contribution in [3.8, 4) is 0 Å². The summed E-state index contributed by atoms with van der Waals surface area (Å²) in [5.41, 5.74) is -0.229. The second kappa shape index (κ2) is 6.31. The molecule has 0 bridgehead atoms. The van der Waals surface area contributed by atoms with Crippen LogP contribution in [0, 0.1) is 0 Å². The molecule has 1 heterocycles. The van der Waals surface area contributed by atoms with E-state index < -0.39 is 12.0 Å². The molecule has 0 radical (unpaired) electrons. The van der Waals surface area contributed by atoms with Crippen LogP contribution in [-0.2, 0) is 9.53 Å². The van der Waals surface area contributed by atoms with Gasteiger partial charge in [-0.25, -0.2) is 9.78 Å². The number of hydrogen-bond donors (Lipinski definition) is 2. The molecule has 0 aliphatic heterocycles. The summed E-state index contributed by atoms with van der Waals surface area (Å²) in [6.45, 7) is 7.40. The topological polar surface area (TPSA) is 93.2 Å². The monoisotopic (exact) mass is 280 g/mol. The van der Waals surface area contributed by atoms with E-state index in [9.17, 15) is 9.59 Å². The molecule has 0 fully saturated rings. The molecule has 2 N–H and O–H groups in total. The van der Waals surface area contributed by atoms with Gasteiger partial charge in [0.1, 0.15) is 11.9 Å². The first kappa shape index (κ1) is 15.9. The van der Waals surface area contributed by atoms with Crippen LogP contribution >= 0.6 is 0 Å². The van der Waals surface area contributed by atoms with Gasteiger partial charge in [-0.15, -0.1) is 0 Å². The fraction of sp³-hybridized carbons (Fsp3) is 0.538. The summed E-state index contributed by atoms with van der Waals surface area (Å²) in [7, 11) is 1.27. The molecule has 0 saturated heterocycles. The number of aromatic nitrogens is 2. The van der Waals surface area contributed by atoms with E-state index in [1.54, 1.807) is 6.92 Å². The molecular formula is C13H20N4O3. The molecule has 1 aromatic heterocycles. The summed E-state index contributed by atoms with van der Waals surface area (Å²) in [4.78, 5) is 31.2. The third kappa shape index (κ3) is 4.83. The Morgan fingerprint density at radius 2 is 1.95 bits per heavy atom. The molecule has 110 valence electrons. The summed E-state index contributed by atoms with van der Waals surface area (Å²) in [5, 5.41) is 5.74. The van der Waals surface area contributed by atoms with Crippen molar-refractivity contribution >= 4 is 17.7 Å². The van der Waals surface area contributed by atoms with Crippen LogP contribution in [0.2, 0.25) is 0 Å². The van der Waals surface area contributed by atoms with Crippen molar-refractivity contribution in [2.75, 3.05) is 12.4 Å². The van der Waals surface area contributed by atoms with Crippen molar-refractivity contribution in [3.05, 3.63) is 18.1 Å². The maximum Gasteiger partial charge on any atom is 0.358 e. The standard InChI is InChI=1S/C13H20N4O3/c1-8(11(18)17-13(2,3)4)15-10-7-14-6-9(16-10)12(19)20-5/h6-8H,1-5H3,(H,15,16)(H,17,18). The second-order valence-electron chi connectivity index (χ2n) is 5.39. The number of nitrogens with zero attached hydrogens (tertiary/aromatic N) is 2. The normalized spacial score (nSPS) is 12.4. The third-order valence-electron chi connectivity index (χ3n) is 2.28. The molecule has 20 heavy (non-hydrogen) atoms. The van der Waals surface area contributed by atoms with Gasteiger partial charge in [0.25, 0.3) is 0 Å². The Morgan fingerprint density at radius 1 is 1.30 bits per heavy atom. The van der Waals surface area contributed by atoms with Gasteiger partial charge in [-0.2, -0.15) is 0 Å². The van der Waals surface area contributed by atoms with Gasteiger partial charge < -0.3 is 15.4 Å². The Hall–Kier alpha value is -2.18. The van der Waals surface area contributed by atoms with Gasteiger partial charge in [0, 0.05) is 5.54 Å². The highest BCUT2D eigenvalue weighted by Crippen LogP contribution is 2.06. The van der Waals surface area contributed by atoms with E-state index in [2.05, 4.69) is 25.3 Å². The van der Waals surface area contributed by atoms with Gasteiger partial charge in [-0.1, -0.05) is 0 Å². The SMILES string of the molecule is COC(=O)c1cncc(NC(C)C(=O)NC(C)(C)C)n1. The molecule has 1 unspecified atom stereocenters. The molecule has 7 heteroatoms. The van der Waals surface area contributed by atoms with E-state index in [-0.39, 0.29) is 17.1 Å². The fourth-order valence-electron chi connectivity index (χ4n) is 1.40. The first-order valence-electron chi connectivity index (χ1n) is 6.22. The fourth-order valence-corrected chi connectivity index (χ4v) is 1.40. The molecule has 0 aliphatic rings. The Balaban J connectivity index is 2.73. The van der Waals surface area contributed by atoms with Crippen molar-refractivity contribution in [2.45, 2.75) is 39.3 Å². The van der Waals surface area contributed by atoms with Crippen LogP contribution in [0.15, 0.2) is 12.4 Å². The van der Waals surface area contributed by atoms with E-state index in [0.717, 1.165) is 0 Å². The Bertz CT molecular complexity index is 497. The molecule has 0 aliphatic carbocycles. The van der Waals surface area contributed by atoms with Gasteiger partial charge in [0.2, 0.25) is 5.91 Å². The van der Waals surface area contributed by atoms with Crippen LogP contribution in [0.4, 0.5) is 5.82 Å². The molecule has 1 aromatic rings. The van der Waals surface area contributed by atoms with Gasteiger partial charge in [-0.05, 0) is 27.7 Å². The average Bonchev–Trinajstić information content (AvgIpc) is 2.36. The van der Waals surface area contributed by atoms with Crippen LogP contribution in [0.5, 0.6) is 0 Å². The molecule has 7 nitrogen and oxygen atoms in total. The minimum Gasteiger partial charge on any atom is -0.464 e. The second-order valence-corrected chi connectivity index (χ2v) is 5.39. The minimum absolute atomic E-state index is 0.0842. The number of carbonyl (C=O) groups is 2. The summed E-state index contributed by atoms with van der Waals surface area (Å²) < 4.78 is 4.56. The zero-order valence-electron chi connectivity index (χ0n) is 12.4. The molecule has 0 spiro atoms. The number of anilines is 1. The van der Waals surface area contributed by atoms with Gasteiger partial charge in [0.05, 0.1) is 19.5 Å². The Morgan fingerprint density at radius 3 is 2.50 bits per heavy atom. The smallest absolute Gasteiger partial charge is 0.358 e. The quantitative estimate of drug-likeness (QED) is 0.799. The first-order chi connectivity index (χ1) is 9.23. The number of ether oxygens (including phenoxy) is 1. The van der Waals surface area contributed by atoms with E-state index in [1.807, 2.05) is 20.8 Å². The number of rotatable bonds is 4. The molecule has 1 amide bonds. The maximum absolute atomic E-state index is 11.9. The summed E-state index contributed by atoms with van der Waals surface area (Å²) in [5.74, 6) is -0.403. The van der Waals surface area contributed by atoms with Crippen molar-refractivity contribution in [1.82, 2.24) is 15.3 Å². The van der Waals surface area contributed by atoms with Gasteiger partial charge >= 0.3 is 5.97 Å². The third-order valence-corrected chi connectivity index (χ3v) is 2.28. The lowest BCUT2D eigenvalue weighted by Gasteiger charge is -2.23. The van der Waals surface area contributed by atoms with E-state index in [4.69, 9.17) is 0 Å². The largest absolute Gasteiger partial charge is 0.464 e. The van der Waals surface area contributed by atoms with Crippen LogP contribution in [0.1, 0.15) is 38.2 Å².